The van der Waals surface area contributed by atoms with Crippen LogP contribution in [0.2, 0.25) is 5.15 Å². The van der Waals surface area contributed by atoms with Crippen LogP contribution in [-0.4, -0.2) is 40.2 Å². The molecule has 0 radical (unpaired) electrons. The Labute approximate surface area is 226 Å². The lowest BCUT2D eigenvalue weighted by atomic mass is 9.95. The van der Waals surface area contributed by atoms with Crippen molar-refractivity contribution in [2.45, 2.75) is 46.3 Å². The van der Waals surface area contributed by atoms with Gasteiger partial charge in [0.1, 0.15) is 17.0 Å². The van der Waals surface area contributed by atoms with Gasteiger partial charge in [0.05, 0.1) is 6.42 Å². The van der Waals surface area contributed by atoms with Crippen molar-refractivity contribution in [3.8, 4) is 0 Å². The summed E-state index contributed by atoms with van der Waals surface area (Å²) in [6.07, 6.45) is 1.14. The average Bonchev–Trinajstić information content (AvgIpc) is 2.97. The molecule has 2 aromatic carbocycles. The zero-order valence-electron chi connectivity index (χ0n) is 21.6. The lowest BCUT2D eigenvalue weighted by molar-refractivity contribution is -0.129. The van der Waals surface area contributed by atoms with Crippen LogP contribution in [-0.2, 0) is 22.7 Å². The first-order chi connectivity index (χ1) is 18.0. The van der Waals surface area contributed by atoms with E-state index in [1.807, 2.05) is 45.0 Å². The SMILES string of the molecule is CC(C)(C)CN1C(=O)C(CC(=O)NCc2ccccc2F)N(C(=O)c2ccnc(Cl)c2)Cc2ccccc21. The van der Waals surface area contributed by atoms with E-state index >= 15 is 0 Å². The topological polar surface area (TPSA) is 82.6 Å². The molecule has 1 atom stereocenters. The molecule has 1 aliphatic rings. The van der Waals surface area contributed by atoms with Crippen LogP contribution >= 0.6 is 11.6 Å². The monoisotopic (exact) mass is 536 g/mol. The third-order valence-electron chi connectivity index (χ3n) is 6.23. The van der Waals surface area contributed by atoms with Gasteiger partial charge in [0.15, 0.2) is 0 Å². The number of rotatable bonds is 6. The highest BCUT2D eigenvalue weighted by Gasteiger charge is 2.40. The molecule has 198 valence electrons. The van der Waals surface area contributed by atoms with Crippen molar-refractivity contribution in [1.82, 2.24) is 15.2 Å². The molecule has 1 aliphatic heterocycles. The Morgan fingerprint density at radius 1 is 1.11 bits per heavy atom. The van der Waals surface area contributed by atoms with E-state index in [1.165, 1.54) is 29.3 Å². The highest BCUT2D eigenvalue weighted by atomic mass is 35.5. The lowest BCUT2D eigenvalue weighted by Gasteiger charge is -2.33. The van der Waals surface area contributed by atoms with Gasteiger partial charge in [-0.1, -0.05) is 68.8 Å². The van der Waals surface area contributed by atoms with E-state index in [-0.39, 0.29) is 41.5 Å². The van der Waals surface area contributed by atoms with Crippen LogP contribution in [0.25, 0.3) is 0 Å². The molecule has 0 bridgehead atoms. The molecule has 7 nitrogen and oxygen atoms in total. The Hall–Kier alpha value is -3.78. The molecule has 3 amide bonds. The van der Waals surface area contributed by atoms with E-state index < -0.39 is 23.7 Å². The fourth-order valence-electron chi connectivity index (χ4n) is 4.47. The van der Waals surface area contributed by atoms with Gasteiger partial charge in [0.25, 0.3) is 5.91 Å². The summed E-state index contributed by atoms with van der Waals surface area (Å²) >= 11 is 6.05. The van der Waals surface area contributed by atoms with Crippen LogP contribution in [0.3, 0.4) is 0 Å². The predicted molar refractivity (Wildman–Crippen MR) is 144 cm³/mol. The zero-order chi connectivity index (χ0) is 27.4. The van der Waals surface area contributed by atoms with Crippen molar-refractivity contribution in [2.75, 3.05) is 11.4 Å². The van der Waals surface area contributed by atoms with Gasteiger partial charge in [0, 0.05) is 42.6 Å². The van der Waals surface area contributed by atoms with Crippen molar-refractivity contribution < 1.29 is 18.8 Å². The summed E-state index contributed by atoms with van der Waals surface area (Å²) in [4.78, 5) is 48.0. The zero-order valence-corrected chi connectivity index (χ0v) is 22.3. The molecular formula is C29H30ClFN4O3. The van der Waals surface area contributed by atoms with Gasteiger partial charge in [-0.3, -0.25) is 14.4 Å². The quantitative estimate of drug-likeness (QED) is 0.450. The van der Waals surface area contributed by atoms with E-state index in [9.17, 15) is 18.8 Å². The number of carbonyl (C=O) groups is 3. The van der Waals surface area contributed by atoms with Crippen molar-refractivity contribution in [3.05, 3.63) is 94.5 Å². The molecule has 0 aliphatic carbocycles. The van der Waals surface area contributed by atoms with Crippen LogP contribution < -0.4 is 10.2 Å². The van der Waals surface area contributed by atoms with Gasteiger partial charge in [-0.2, -0.15) is 0 Å². The van der Waals surface area contributed by atoms with Crippen molar-refractivity contribution in [2.24, 2.45) is 5.41 Å². The Balaban J connectivity index is 1.70. The van der Waals surface area contributed by atoms with Crippen LogP contribution in [0.4, 0.5) is 10.1 Å². The molecule has 4 rings (SSSR count). The number of benzene rings is 2. The molecule has 0 spiro atoms. The summed E-state index contributed by atoms with van der Waals surface area (Å²) in [6, 6.07) is 15.4. The minimum absolute atomic E-state index is 0.0355. The number of nitrogens with one attached hydrogen (secondary N) is 1. The maximum atomic E-state index is 14.1. The second-order valence-electron chi connectivity index (χ2n) is 10.5. The minimum Gasteiger partial charge on any atom is -0.352 e. The summed E-state index contributed by atoms with van der Waals surface area (Å²) < 4.78 is 14.1. The number of halogens is 2. The fourth-order valence-corrected chi connectivity index (χ4v) is 4.64. The van der Waals surface area contributed by atoms with Crippen molar-refractivity contribution >= 4 is 35.0 Å². The van der Waals surface area contributed by atoms with E-state index in [1.54, 1.807) is 23.1 Å². The predicted octanol–water partition coefficient (Wildman–Crippen LogP) is 4.98. The van der Waals surface area contributed by atoms with Gasteiger partial charge in [-0.05, 0) is 35.2 Å². The van der Waals surface area contributed by atoms with E-state index in [0.717, 1.165) is 5.56 Å². The van der Waals surface area contributed by atoms with E-state index in [4.69, 9.17) is 11.6 Å². The number of anilines is 1. The normalized spacial score (nSPS) is 15.6. The molecule has 2 heterocycles. The Bertz CT molecular complexity index is 1360. The average molecular weight is 537 g/mol. The minimum atomic E-state index is -1.09. The second kappa shape index (κ2) is 11.3. The maximum Gasteiger partial charge on any atom is 0.255 e. The second-order valence-corrected chi connectivity index (χ2v) is 10.9. The van der Waals surface area contributed by atoms with Crippen LogP contribution in [0.15, 0.2) is 66.9 Å². The fraction of sp³-hybridized carbons (Fsp3) is 0.310. The number of pyridine rings is 1. The highest BCUT2D eigenvalue weighted by Crippen LogP contribution is 2.32. The third-order valence-corrected chi connectivity index (χ3v) is 6.44. The van der Waals surface area contributed by atoms with Gasteiger partial charge < -0.3 is 15.1 Å². The number of fused-ring (bicyclic) bond motifs is 1. The number of hydrogen-bond acceptors (Lipinski definition) is 4. The first kappa shape index (κ1) is 27.3. The largest absolute Gasteiger partial charge is 0.352 e. The standard InChI is InChI=1S/C29H30ClFN4O3/c1-29(2,3)18-35-23-11-7-5-9-21(23)17-34(27(37)19-12-13-32-25(30)14-19)24(28(35)38)15-26(36)33-16-20-8-4-6-10-22(20)31/h4-14,24H,15-18H2,1-3H3,(H,33,36). The molecule has 0 fully saturated rings. The molecule has 9 heteroatoms. The number of amides is 3. The molecule has 1 unspecified atom stereocenters. The molecule has 1 aromatic heterocycles. The van der Waals surface area contributed by atoms with Gasteiger partial charge in [0.2, 0.25) is 11.8 Å². The summed E-state index contributed by atoms with van der Waals surface area (Å²) in [5.74, 6) is -1.71. The van der Waals surface area contributed by atoms with Crippen molar-refractivity contribution in [3.63, 3.8) is 0 Å². The molecule has 0 saturated heterocycles. The summed E-state index contributed by atoms with van der Waals surface area (Å²) in [7, 11) is 0. The number of nitrogens with zero attached hydrogens (tertiary/aromatic N) is 3. The molecule has 3 aromatic rings. The smallest absolute Gasteiger partial charge is 0.255 e. The molecule has 0 saturated carbocycles. The Kier molecular flexibility index (Phi) is 8.11. The van der Waals surface area contributed by atoms with Gasteiger partial charge in [-0.25, -0.2) is 9.37 Å². The van der Waals surface area contributed by atoms with Crippen LogP contribution in [0, 0.1) is 11.2 Å². The highest BCUT2D eigenvalue weighted by molar-refractivity contribution is 6.29. The number of hydrogen-bond donors (Lipinski definition) is 1. The lowest BCUT2D eigenvalue weighted by Crippen LogP contribution is -2.52. The number of aromatic nitrogens is 1. The molecule has 1 N–H and O–H groups in total. The van der Waals surface area contributed by atoms with Crippen LogP contribution in [0.1, 0.15) is 48.7 Å². The third kappa shape index (κ3) is 6.37. The summed E-state index contributed by atoms with van der Waals surface area (Å²) in [5, 5.41) is 2.85. The molecule has 38 heavy (non-hydrogen) atoms. The van der Waals surface area contributed by atoms with E-state index in [0.29, 0.717) is 17.8 Å². The summed E-state index contributed by atoms with van der Waals surface area (Å²) in [6.45, 7) is 6.53. The van der Waals surface area contributed by atoms with Crippen molar-refractivity contribution in [1.29, 1.82) is 0 Å². The van der Waals surface area contributed by atoms with E-state index in [2.05, 4.69) is 10.3 Å². The van der Waals surface area contributed by atoms with Gasteiger partial charge >= 0.3 is 0 Å². The summed E-state index contributed by atoms with van der Waals surface area (Å²) in [5.41, 5.74) is 1.82. The Morgan fingerprint density at radius 3 is 2.53 bits per heavy atom. The first-order valence-corrected chi connectivity index (χ1v) is 12.7. The Morgan fingerprint density at radius 2 is 1.82 bits per heavy atom. The molecular weight excluding hydrogens is 507 g/mol. The first-order valence-electron chi connectivity index (χ1n) is 12.4. The van der Waals surface area contributed by atoms with Crippen LogP contribution in [0.5, 0.6) is 0 Å². The van der Waals surface area contributed by atoms with Gasteiger partial charge in [-0.15, -0.1) is 0 Å². The maximum absolute atomic E-state index is 14.1. The number of carbonyl (C=O) groups excluding carboxylic acids is 3. The number of para-hydroxylation sites is 1.